The summed E-state index contributed by atoms with van der Waals surface area (Å²) < 4.78 is 17.1. The second kappa shape index (κ2) is 5.80. The zero-order chi connectivity index (χ0) is 14.9. The number of carbonyl (C=O) groups excluding carboxylic acids is 1. The molecule has 1 atom stereocenters. The van der Waals surface area contributed by atoms with Gasteiger partial charge in [0.2, 0.25) is 0 Å². The number of fused-ring (bicyclic) bond motifs is 1. The molecular weight excluding hydrogens is 282 g/mol. The molecule has 1 aromatic rings. The van der Waals surface area contributed by atoms with Gasteiger partial charge in [0.25, 0.3) is 5.91 Å². The molecule has 0 spiro atoms. The van der Waals surface area contributed by atoms with Crippen LogP contribution in [0.1, 0.15) is 29.6 Å². The van der Waals surface area contributed by atoms with E-state index < -0.39 is 0 Å². The number of hydrogen-bond donors (Lipinski definition) is 0. The molecule has 1 aliphatic carbocycles. The molecule has 2 heterocycles. The van der Waals surface area contributed by atoms with E-state index in [1.165, 1.54) is 12.8 Å². The summed E-state index contributed by atoms with van der Waals surface area (Å²) in [5.41, 5.74) is 0.597. The number of likely N-dealkylation sites (tertiary alicyclic amines) is 1. The van der Waals surface area contributed by atoms with Gasteiger partial charge in [-0.15, -0.1) is 0 Å². The second-order valence-corrected chi connectivity index (χ2v) is 6.27. The molecule has 5 nitrogen and oxygen atoms in total. The van der Waals surface area contributed by atoms with E-state index in [0.29, 0.717) is 36.8 Å². The van der Waals surface area contributed by atoms with E-state index in [1.807, 2.05) is 23.1 Å². The van der Waals surface area contributed by atoms with Crippen LogP contribution in [-0.4, -0.2) is 49.8 Å². The fourth-order valence-corrected chi connectivity index (χ4v) is 3.02. The average molecular weight is 303 g/mol. The molecule has 4 rings (SSSR count). The fraction of sp³-hybridized carbons (Fsp3) is 0.588. The summed E-state index contributed by atoms with van der Waals surface area (Å²) in [5.74, 6) is 2.02. The van der Waals surface area contributed by atoms with Crippen molar-refractivity contribution in [1.29, 1.82) is 0 Å². The SMILES string of the molecule is O=C(c1cccc2c1OCCO2)N1CCC(OCC2CC2)C1. The van der Waals surface area contributed by atoms with Gasteiger partial charge in [-0.25, -0.2) is 0 Å². The first-order chi connectivity index (χ1) is 10.8. The number of rotatable bonds is 4. The lowest BCUT2D eigenvalue weighted by atomic mass is 10.1. The van der Waals surface area contributed by atoms with Crippen LogP contribution in [0.25, 0.3) is 0 Å². The number of carbonyl (C=O) groups is 1. The molecule has 0 N–H and O–H groups in total. The van der Waals surface area contributed by atoms with Gasteiger partial charge >= 0.3 is 0 Å². The lowest BCUT2D eigenvalue weighted by molar-refractivity contribution is 0.0478. The van der Waals surface area contributed by atoms with Gasteiger partial charge in [-0.1, -0.05) is 6.07 Å². The predicted octanol–water partition coefficient (Wildman–Crippen LogP) is 2.10. The fourth-order valence-electron chi connectivity index (χ4n) is 3.02. The van der Waals surface area contributed by atoms with E-state index in [1.54, 1.807) is 0 Å². The molecule has 1 unspecified atom stereocenters. The highest BCUT2D eigenvalue weighted by Crippen LogP contribution is 2.35. The standard InChI is InChI=1S/C17H21NO4/c19-17(14-2-1-3-15-16(14)21-9-8-20-15)18-7-6-13(10-18)22-11-12-4-5-12/h1-3,12-13H,4-11H2. The van der Waals surface area contributed by atoms with Crippen molar-refractivity contribution in [2.24, 2.45) is 5.92 Å². The van der Waals surface area contributed by atoms with E-state index in [9.17, 15) is 4.79 Å². The van der Waals surface area contributed by atoms with Crippen LogP contribution in [0.5, 0.6) is 11.5 Å². The number of nitrogens with zero attached hydrogens (tertiary/aromatic N) is 1. The smallest absolute Gasteiger partial charge is 0.257 e. The maximum atomic E-state index is 12.7. The van der Waals surface area contributed by atoms with Crippen molar-refractivity contribution in [2.75, 3.05) is 32.9 Å². The van der Waals surface area contributed by atoms with Crippen molar-refractivity contribution >= 4 is 5.91 Å². The first-order valence-corrected chi connectivity index (χ1v) is 8.11. The van der Waals surface area contributed by atoms with Crippen LogP contribution >= 0.6 is 0 Å². The van der Waals surface area contributed by atoms with Crippen LogP contribution in [0, 0.1) is 5.92 Å². The minimum Gasteiger partial charge on any atom is -0.486 e. The van der Waals surface area contributed by atoms with Gasteiger partial charge in [0, 0.05) is 19.7 Å². The quantitative estimate of drug-likeness (QED) is 0.854. The van der Waals surface area contributed by atoms with Crippen molar-refractivity contribution < 1.29 is 19.0 Å². The van der Waals surface area contributed by atoms with Crippen LogP contribution in [0.4, 0.5) is 0 Å². The summed E-state index contributed by atoms with van der Waals surface area (Å²) >= 11 is 0. The van der Waals surface area contributed by atoms with Crippen molar-refractivity contribution in [3.8, 4) is 11.5 Å². The van der Waals surface area contributed by atoms with E-state index in [4.69, 9.17) is 14.2 Å². The van der Waals surface area contributed by atoms with Gasteiger partial charge in [-0.3, -0.25) is 4.79 Å². The Morgan fingerprint density at radius 3 is 2.95 bits per heavy atom. The monoisotopic (exact) mass is 303 g/mol. The highest BCUT2D eigenvalue weighted by molar-refractivity contribution is 5.98. The van der Waals surface area contributed by atoms with Gasteiger partial charge in [-0.05, 0) is 37.3 Å². The van der Waals surface area contributed by atoms with Crippen LogP contribution in [0.2, 0.25) is 0 Å². The molecule has 3 aliphatic rings. The summed E-state index contributed by atoms with van der Waals surface area (Å²) in [5, 5.41) is 0. The summed E-state index contributed by atoms with van der Waals surface area (Å²) in [6, 6.07) is 5.50. The number of benzene rings is 1. The lowest BCUT2D eigenvalue weighted by Crippen LogP contribution is -2.31. The first-order valence-electron chi connectivity index (χ1n) is 8.11. The Labute approximate surface area is 130 Å². The van der Waals surface area contributed by atoms with Crippen molar-refractivity contribution in [3.63, 3.8) is 0 Å². The Morgan fingerprint density at radius 2 is 2.09 bits per heavy atom. The third-order valence-corrected chi connectivity index (χ3v) is 4.49. The Balaban J connectivity index is 1.43. The molecule has 22 heavy (non-hydrogen) atoms. The number of ether oxygens (including phenoxy) is 3. The topological polar surface area (TPSA) is 48.0 Å². The molecule has 2 fully saturated rings. The molecule has 1 aromatic carbocycles. The first kappa shape index (κ1) is 13.9. The lowest BCUT2D eigenvalue weighted by Gasteiger charge is -2.23. The molecule has 1 saturated heterocycles. The maximum Gasteiger partial charge on any atom is 0.257 e. The van der Waals surface area contributed by atoms with Gasteiger partial charge < -0.3 is 19.1 Å². The van der Waals surface area contributed by atoms with Gasteiger partial charge in [0.05, 0.1) is 11.7 Å². The van der Waals surface area contributed by atoms with Crippen molar-refractivity contribution in [1.82, 2.24) is 4.90 Å². The Bertz CT molecular complexity index is 570. The summed E-state index contributed by atoms with van der Waals surface area (Å²) in [4.78, 5) is 14.6. The van der Waals surface area contributed by atoms with Crippen LogP contribution in [-0.2, 0) is 4.74 Å². The molecule has 1 saturated carbocycles. The van der Waals surface area contributed by atoms with Gasteiger partial charge in [-0.2, -0.15) is 0 Å². The van der Waals surface area contributed by atoms with E-state index >= 15 is 0 Å². The number of amides is 1. The normalized spacial score (nSPS) is 23.6. The molecule has 0 radical (unpaired) electrons. The molecule has 0 bridgehead atoms. The van der Waals surface area contributed by atoms with Gasteiger partial charge in [0.15, 0.2) is 11.5 Å². The Kier molecular flexibility index (Phi) is 3.66. The number of hydrogen-bond acceptors (Lipinski definition) is 4. The van der Waals surface area contributed by atoms with E-state index in [-0.39, 0.29) is 12.0 Å². The molecule has 0 aromatic heterocycles. The third-order valence-electron chi connectivity index (χ3n) is 4.49. The van der Waals surface area contributed by atoms with Gasteiger partial charge in [0.1, 0.15) is 13.2 Å². The summed E-state index contributed by atoms with van der Waals surface area (Å²) in [6.07, 6.45) is 3.69. The number of para-hydroxylation sites is 1. The third kappa shape index (κ3) is 2.77. The second-order valence-electron chi connectivity index (χ2n) is 6.27. The van der Waals surface area contributed by atoms with Crippen LogP contribution in [0.3, 0.4) is 0 Å². The van der Waals surface area contributed by atoms with Crippen LogP contribution in [0.15, 0.2) is 18.2 Å². The van der Waals surface area contributed by atoms with Crippen LogP contribution < -0.4 is 9.47 Å². The van der Waals surface area contributed by atoms with E-state index in [2.05, 4.69) is 0 Å². The van der Waals surface area contributed by atoms with E-state index in [0.717, 1.165) is 25.5 Å². The van der Waals surface area contributed by atoms with Crippen molar-refractivity contribution in [2.45, 2.75) is 25.4 Å². The van der Waals surface area contributed by atoms with Crippen molar-refractivity contribution in [3.05, 3.63) is 23.8 Å². The average Bonchev–Trinajstić information content (AvgIpc) is 3.28. The zero-order valence-corrected chi connectivity index (χ0v) is 12.6. The minimum absolute atomic E-state index is 0.0138. The maximum absolute atomic E-state index is 12.7. The zero-order valence-electron chi connectivity index (χ0n) is 12.6. The predicted molar refractivity (Wildman–Crippen MR) is 80.4 cm³/mol. The minimum atomic E-state index is 0.0138. The molecular formula is C17H21NO4. The molecule has 118 valence electrons. The molecule has 2 aliphatic heterocycles. The Morgan fingerprint density at radius 1 is 1.23 bits per heavy atom. The Hall–Kier alpha value is -1.75. The molecule has 1 amide bonds. The highest BCUT2D eigenvalue weighted by Gasteiger charge is 2.32. The summed E-state index contributed by atoms with van der Waals surface area (Å²) in [6.45, 7) is 3.30. The largest absolute Gasteiger partial charge is 0.486 e. The summed E-state index contributed by atoms with van der Waals surface area (Å²) in [7, 11) is 0. The molecule has 5 heteroatoms. The highest BCUT2D eigenvalue weighted by atomic mass is 16.6.